The van der Waals surface area contributed by atoms with E-state index in [1.807, 2.05) is 12.4 Å². The van der Waals surface area contributed by atoms with Gasteiger partial charge in [0.05, 0.1) is 31.3 Å². The molecule has 0 radical (unpaired) electrons. The summed E-state index contributed by atoms with van der Waals surface area (Å²) in [6.07, 6.45) is 4.97. The highest BCUT2D eigenvalue weighted by atomic mass is 16.5. The molecule has 6 nitrogen and oxygen atoms in total. The van der Waals surface area contributed by atoms with Crippen LogP contribution in [0.2, 0.25) is 0 Å². The number of ether oxygens (including phenoxy) is 1. The van der Waals surface area contributed by atoms with Crippen LogP contribution in [-0.4, -0.2) is 71.7 Å². The highest BCUT2D eigenvalue weighted by Gasteiger charge is 2.28. The van der Waals surface area contributed by atoms with E-state index in [1.165, 1.54) is 6.42 Å². The molecule has 1 aromatic heterocycles. The molecule has 6 heteroatoms. The molecule has 0 aromatic carbocycles. The number of hydrogen-bond donors (Lipinski definition) is 1. The predicted octanol–water partition coefficient (Wildman–Crippen LogP) is 0.815. The van der Waals surface area contributed by atoms with E-state index in [1.54, 1.807) is 0 Å². The van der Waals surface area contributed by atoms with Crippen LogP contribution in [0.5, 0.6) is 0 Å². The summed E-state index contributed by atoms with van der Waals surface area (Å²) in [5.74, 6) is 0.855. The van der Waals surface area contributed by atoms with Crippen molar-refractivity contribution in [3.05, 3.63) is 18.1 Å². The lowest BCUT2D eigenvalue weighted by atomic mass is 10.2. The molecule has 1 aromatic rings. The Morgan fingerprint density at radius 1 is 1.24 bits per heavy atom. The molecule has 0 bridgehead atoms. The average Bonchev–Trinajstić information content (AvgIpc) is 2.99. The third kappa shape index (κ3) is 3.90. The van der Waals surface area contributed by atoms with Crippen LogP contribution in [0.1, 0.15) is 19.0 Å². The summed E-state index contributed by atoms with van der Waals surface area (Å²) in [7, 11) is 0. The molecule has 116 valence electrons. The maximum absolute atomic E-state index is 5.43. The second kappa shape index (κ2) is 7.15. The van der Waals surface area contributed by atoms with Crippen molar-refractivity contribution < 1.29 is 4.74 Å². The van der Waals surface area contributed by atoms with Gasteiger partial charge in [-0.3, -0.25) is 14.8 Å². The fourth-order valence-corrected chi connectivity index (χ4v) is 3.13. The summed E-state index contributed by atoms with van der Waals surface area (Å²) >= 11 is 0. The standard InChI is InChI=1S/C15H25N5O/c1-2-16-15-10-17-13(9-18-15)11-19-4-3-14(12-19)20-5-7-21-8-6-20/h9-10,14H,2-8,11-12H2,1H3,(H,16,18). The Balaban J connectivity index is 1.49. The first kappa shape index (κ1) is 14.7. The van der Waals surface area contributed by atoms with Crippen molar-refractivity contribution in [2.45, 2.75) is 25.9 Å². The highest BCUT2D eigenvalue weighted by molar-refractivity contribution is 5.30. The lowest BCUT2D eigenvalue weighted by Gasteiger charge is -2.32. The lowest BCUT2D eigenvalue weighted by Crippen LogP contribution is -2.44. The van der Waals surface area contributed by atoms with Crippen LogP contribution in [0.3, 0.4) is 0 Å². The van der Waals surface area contributed by atoms with Gasteiger partial charge in [-0.05, 0) is 13.3 Å². The number of aromatic nitrogens is 2. The van der Waals surface area contributed by atoms with Gasteiger partial charge in [-0.1, -0.05) is 0 Å². The molecular weight excluding hydrogens is 266 g/mol. The van der Waals surface area contributed by atoms with Crippen molar-refractivity contribution in [1.82, 2.24) is 19.8 Å². The van der Waals surface area contributed by atoms with Gasteiger partial charge in [0.15, 0.2) is 0 Å². The Bertz CT molecular complexity index is 432. The number of anilines is 1. The molecule has 2 aliphatic heterocycles. The minimum absolute atomic E-state index is 0.683. The van der Waals surface area contributed by atoms with Crippen LogP contribution in [0, 0.1) is 0 Å². The van der Waals surface area contributed by atoms with Crippen LogP contribution in [-0.2, 0) is 11.3 Å². The van der Waals surface area contributed by atoms with Crippen molar-refractivity contribution in [3.8, 4) is 0 Å². The molecule has 0 saturated carbocycles. The lowest BCUT2D eigenvalue weighted by molar-refractivity contribution is 0.0183. The molecule has 3 heterocycles. The van der Waals surface area contributed by atoms with E-state index in [4.69, 9.17) is 4.74 Å². The van der Waals surface area contributed by atoms with Crippen molar-refractivity contribution in [2.75, 3.05) is 51.3 Å². The van der Waals surface area contributed by atoms with Gasteiger partial charge in [-0.2, -0.15) is 0 Å². The largest absolute Gasteiger partial charge is 0.379 e. The van der Waals surface area contributed by atoms with E-state index in [9.17, 15) is 0 Å². The smallest absolute Gasteiger partial charge is 0.144 e. The first-order valence-electron chi connectivity index (χ1n) is 7.94. The minimum atomic E-state index is 0.683. The third-order valence-electron chi connectivity index (χ3n) is 4.26. The number of likely N-dealkylation sites (tertiary alicyclic amines) is 1. The Labute approximate surface area is 126 Å². The topological polar surface area (TPSA) is 53.5 Å². The molecule has 1 atom stereocenters. The zero-order valence-electron chi connectivity index (χ0n) is 12.8. The van der Waals surface area contributed by atoms with Gasteiger partial charge in [-0.25, -0.2) is 4.98 Å². The molecule has 2 saturated heterocycles. The first-order valence-corrected chi connectivity index (χ1v) is 7.94. The summed E-state index contributed by atoms with van der Waals surface area (Å²) in [6, 6.07) is 0.683. The van der Waals surface area contributed by atoms with E-state index in [-0.39, 0.29) is 0 Å². The normalized spacial score (nSPS) is 24.3. The van der Waals surface area contributed by atoms with Gasteiger partial charge in [0, 0.05) is 45.3 Å². The van der Waals surface area contributed by atoms with Crippen LogP contribution < -0.4 is 5.32 Å². The zero-order valence-corrected chi connectivity index (χ0v) is 12.8. The third-order valence-corrected chi connectivity index (χ3v) is 4.26. The van der Waals surface area contributed by atoms with Crippen molar-refractivity contribution in [3.63, 3.8) is 0 Å². The molecule has 2 aliphatic rings. The van der Waals surface area contributed by atoms with Crippen molar-refractivity contribution in [1.29, 1.82) is 0 Å². The summed E-state index contributed by atoms with van der Waals surface area (Å²) in [6.45, 7) is 10.1. The maximum Gasteiger partial charge on any atom is 0.144 e. The van der Waals surface area contributed by atoms with Gasteiger partial charge in [-0.15, -0.1) is 0 Å². The number of nitrogens with zero attached hydrogens (tertiary/aromatic N) is 4. The van der Waals surface area contributed by atoms with Gasteiger partial charge in [0.25, 0.3) is 0 Å². The van der Waals surface area contributed by atoms with E-state index in [0.717, 1.165) is 64.0 Å². The van der Waals surface area contributed by atoms with Crippen LogP contribution in [0.4, 0.5) is 5.82 Å². The van der Waals surface area contributed by atoms with Crippen molar-refractivity contribution >= 4 is 5.82 Å². The maximum atomic E-state index is 5.43. The first-order chi connectivity index (χ1) is 10.3. The highest BCUT2D eigenvalue weighted by Crippen LogP contribution is 2.18. The monoisotopic (exact) mass is 291 g/mol. The van der Waals surface area contributed by atoms with E-state index in [2.05, 4.69) is 32.0 Å². The average molecular weight is 291 g/mol. The van der Waals surface area contributed by atoms with Crippen LogP contribution in [0.25, 0.3) is 0 Å². The summed E-state index contributed by atoms with van der Waals surface area (Å²) in [5, 5.41) is 3.17. The van der Waals surface area contributed by atoms with Crippen LogP contribution >= 0.6 is 0 Å². The number of nitrogens with one attached hydrogen (secondary N) is 1. The van der Waals surface area contributed by atoms with Gasteiger partial charge >= 0.3 is 0 Å². The summed E-state index contributed by atoms with van der Waals surface area (Å²) < 4.78 is 5.43. The van der Waals surface area contributed by atoms with Gasteiger partial charge in [0.2, 0.25) is 0 Å². The van der Waals surface area contributed by atoms with Crippen LogP contribution in [0.15, 0.2) is 12.4 Å². The minimum Gasteiger partial charge on any atom is -0.379 e. The second-order valence-corrected chi connectivity index (χ2v) is 5.75. The summed E-state index contributed by atoms with van der Waals surface area (Å²) in [5.41, 5.74) is 1.05. The molecule has 3 rings (SSSR count). The zero-order chi connectivity index (χ0) is 14.5. The molecule has 21 heavy (non-hydrogen) atoms. The van der Waals surface area contributed by atoms with E-state index in [0.29, 0.717) is 6.04 Å². The molecule has 2 fully saturated rings. The van der Waals surface area contributed by atoms with E-state index < -0.39 is 0 Å². The number of rotatable bonds is 5. The van der Waals surface area contributed by atoms with Crippen molar-refractivity contribution in [2.24, 2.45) is 0 Å². The molecule has 1 N–H and O–H groups in total. The molecule has 1 unspecified atom stereocenters. The Hall–Kier alpha value is -1.24. The fourth-order valence-electron chi connectivity index (χ4n) is 3.13. The molecule has 0 aliphatic carbocycles. The Morgan fingerprint density at radius 3 is 2.81 bits per heavy atom. The van der Waals surface area contributed by atoms with E-state index >= 15 is 0 Å². The molecular formula is C15H25N5O. The quantitative estimate of drug-likeness (QED) is 0.866. The number of morpholine rings is 1. The Morgan fingerprint density at radius 2 is 2.10 bits per heavy atom. The molecule has 0 spiro atoms. The SMILES string of the molecule is CCNc1cnc(CN2CCC(N3CCOCC3)C2)cn1. The predicted molar refractivity (Wildman–Crippen MR) is 82.3 cm³/mol. The summed E-state index contributed by atoms with van der Waals surface area (Å²) in [4.78, 5) is 13.9. The van der Waals surface area contributed by atoms with Gasteiger partial charge < -0.3 is 10.1 Å². The second-order valence-electron chi connectivity index (χ2n) is 5.75. The Kier molecular flexibility index (Phi) is 5.00. The van der Waals surface area contributed by atoms with Gasteiger partial charge in [0.1, 0.15) is 5.82 Å². The fraction of sp³-hybridized carbons (Fsp3) is 0.733. The molecule has 0 amide bonds. The number of hydrogen-bond acceptors (Lipinski definition) is 6.